The minimum Gasteiger partial charge on any atom is -0.380 e. The summed E-state index contributed by atoms with van der Waals surface area (Å²) in [6, 6.07) is 7.20. The van der Waals surface area contributed by atoms with E-state index in [0.29, 0.717) is 11.6 Å². The Hall–Kier alpha value is -1.52. The zero-order chi connectivity index (χ0) is 13.8. The van der Waals surface area contributed by atoms with Crippen molar-refractivity contribution in [2.45, 2.75) is 25.8 Å². The second-order valence-corrected chi connectivity index (χ2v) is 5.04. The van der Waals surface area contributed by atoms with Crippen molar-refractivity contribution in [1.82, 2.24) is 4.98 Å². The molecule has 0 spiro atoms. The molecule has 0 saturated heterocycles. The van der Waals surface area contributed by atoms with E-state index >= 15 is 0 Å². The summed E-state index contributed by atoms with van der Waals surface area (Å²) in [6.45, 7) is 2.65. The van der Waals surface area contributed by atoms with Gasteiger partial charge in [0.2, 0.25) is 5.56 Å². The highest BCUT2D eigenvalue weighted by molar-refractivity contribution is 6.31. The van der Waals surface area contributed by atoms with Crippen molar-refractivity contribution < 1.29 is 0 Å². The third kappa shape index (κ3) is 3.28. The topological polar surface area (TPSA) is 70.9 Å². The van der Waals surface area contributed by atoms with Gasteiger partial charge in [-0.05, 0) is 24.6 Å². The molecule has 0 saturated carbocycles. The zero-order valence-electron chi connectivity index (χ0n) is 10.9. The molecule has 5 heteroatoms. The normalized spacial score (nSPS) is 12.6. The smallest absolute Gasteiger partial charge is 0.250 e. The van der Waals surface area contributed by atoms with Crippen LogP contribution in [0.15, 0.2) is 29.1 Å². The SMILES string of the molecule is CCCC(CN)Nc1cc(=O)[nH]c2cc(Cl)ccc12. The number of aromatic nitrogens is 1. The van der Waals surface area contributed by atoms with Crippen LogP contribution >= 0.6 is 11.6 Å². The van der Waals surface area contributed by atoms with Crippen LogP contribution in [0, 0.1) is 0 Å². The van der Waals surface area contributed by atoms with E-state index in [2.05, 4.69) is 17.2 Å². The Kier molecular flexibility index (Phi) is 4.45. The van der Waals surface area contributed by atoms with Crippen molar-refractivity contribution in [2.24, 2.45) is 5.73 Å². The van der Waals surface area contributed by atoms with Gasteiger partial charge in [0.1, 0.15) is 0 Å². The fourth-order valence-corrected chi connectivity index (χ4v) is 2.34. The molecule has 0 bridgehead atoms. The van der Waals surface area contributed by atoms with Gasteiger partial charge in [0.25, 0.3) is 0 Å². The number of rotatable bonds is 5. The summed E-state index contributed by atoms with van der Waals surface area (Å²) in [4.78, 5) is 14.5. The average Bonchev–Trinajstić information content (AvgIpc) is 2.37. The molecule has 0 aliphatic rings. The van der Waals surface area contributed by atoms with Crippen molar-refractivity contribution in [3.8, 4) is 0 Å². The molecule has 0 aliphatic carbocycles. The van der Waals surface area contributed by atoms with Crippen LogP contribution in [0.1, 0.15) is 19.8 Å². The van der Waals surface area contributed by atoms with E-state index in [1.807, 2.05) is 12.1 Å². The van der Waals surface area contributed by atoms with E-state index in [4.69, 9.17) is 17.3 Å². The highest BCUT2D eigenvalue weighted by atomic mass is 35.5. The fourth-order valence-electron chi connectivity index (χ4n) is 2.17. The first-order valence-corrected chi connectivity index (χ1v) is 6.81. The van der Waals surface area contributed by atoms with Crippen LogP contribution in [-0.2, 0) is 0 Å². The molecule has 1 aromatic carbocycles. The van der Waals surface area contributed by atoms with Gasteiger partial charge in [-0.15, -0.1) is 0 Å². The minimum atomic E-state index is -0.149. The van der Waals surface area contributed by atoms with Crippen molar-refractivity contribution in [1.29, 1.82) is 0 Å². The standard InChI is InChI=1S/C14H18ClN3O/c1-2-3-10(8-16)17-13-7-14(19)18-12-6-9(15)4-5-11(12)13/h4-7,10H,2-3,8,16H2,1H3,(H2,17,18,19). The quantitative estimate of drug-likeness (QED) is 0.788. The van der Waals surface area contributed by atoms with E-state index in [1.165, 1.54) is 0 Å². The number of nitrogens with one attached hydrogen (secondary N) is 2. The van der Waals surface area contributed by atoms with E-state index in [1.54, 1.807) is 12.1 Å². The number of hydrogen-bond acceptors (Lipinski definition) is 3. The molecule has 1 atom stereocenters. The molecule has 102 valence electrons. The van der Waals surface area contributed by atoms with Crippen LogP contribution < -0.4 is 16.6 Å². The van der Waals surface area contributed by atoms with Gasteiger partial charge in [0.05, 0.1) is 5.52 Å². The maximum absolute atomic E-state index is 11.7. The summed E-state index contributed by atoms with van der Waals surface area (Å²) in [6.07, 6.45) is 2.01. The number of hydrogen-bond donors (Lipinski definition) is 3. The Labute approximate surface area is 117 Å². The van der Waals surface area contributed by atoms with Gasteiger partial charge in [-0.1, -0.05) is 24.9 Å². The van der Waals surface area contributed by atoms with E-state index in [0.717, 1.165) is 29.4 Å². The molecule has 19 heavy (non-hydrogen) atoms. The van der Waals surface area contributed by atoms with Crippen LogP contribution in [-0.4, -0.2) is 17.6 Å². The number of benzene rings is 1. The summed E-state index contributed by atoms with van der Waals surface area (Å²) in [5, 5.41) is 4.89. The lowest BCUT2D eigenvalue weighted by Gasteiger charge is -2.18. The Morgan fingerprint density at radius 2 is 2.21 bits per heavy atom. The predicted molar refractivity (Wildman–Crippen MR) is 81.0 cm³/mol. The van der Waals surface area contributed by atoms with Gasteiger partial charge in [-0.25, -0.2) is 0 Å². The van der Waals surface area contributed by atoms with Gasteiger partial charge in [0.15, 0.2) is 0 Å². The molecule has 2 rings (SSSR count). The molecule has 2 aromatic rings. The molecule has 0 fully saturated rings. The number of pyridine rings is 1. The van der Waals surface area contributed by atoms with E-state index in [-0.39, 0.29) is 11.6 Å². The first kappa shape index (κ1) is 13.9. The highest BCUT2D eigenvalue weighted by Crippen LogP contribution is 2.24. The molecule has 0 amide bonds. The van der Waals surface area contributed by atoms with Gasteiger partial charge in [-0.3, -0.25) is 4.79 Å². The molecule has 0 radical (unpaired) electrons. The second kappa shape index (κ2) is 6.08. The molecule has 1 heterocycles. The average molecular weight is 280 g/mol. The fraction of sp³-hybridized carbons (Fsp3) is 0.357. The third-order valence-corrected chi connectivity index (χ3v) is 3.32. The molecule has 4 N–H and O–H groups in total. The summed E-state index contributed by atoms with van der Waals surface area (Å²) in [5.41, 5.74) is 7.13. The molecular formula is C14H18ClN3O. The van der Waals surface area contributed by atoms with Crippen LogP contribution in [0.3, 0.4) is 0 Å². The van der Waals surface area contributed by atoms with Crippen molar-refractivity contribution >= 4 is 28.2 Å². The molecule has 1 aromatic heterocycles. The zero-order valence-corrected chi connectivity index (χ0v) is 11.6. The number of anilines is 1. The lowest BCUT2D eigenvalue weighted by Crippen LogP contribution is -2.29. The summed E-state index contributed by atoms with van der Waals surface area (Å²) < 4.78 is 0. The van der Waals surface area contributed by atoms with E-state index in [9.17, 15) is 4.79 Å². The third-order valence-electron chi connectivity index (χ3n) is 3.09. The van der Waals surface area contributed by atoms with Gasteiger partial charge < -0.3 is 16.0 Å². The summed E-state index contributed by atoms with van der Waals surface area (Å²) in [7, 11) is 0. The second-order valence-electron chi connectivity index (χ2n) is 4.60. The summed E-state index contributed by atoms with van der Waals surface area (Å²) in [5.74, 6) is 0. The maximum Gasteiger partial charge on any atom is 0.250 e. The van der Waals surface area contributed by atoms with Crippen molar-refractivity contribution in [2.75, 3.05) is 11.9 Å². The molecule has 1 unspecified atom stereocenters. The predicted octanol–water partition coefficient (Wildman–Crippen LogP) is 2.72. The Bertz CT molecular complexity index is 624. The van der Waals surface area contributed by atoms with Crippen molar-refractivity contribution in [3.05, 3.63) is 39.6 Å². The number of H-pyrrole nitrogens is 1. The lowest BCUT2D eigenvalue weighted by molar-refractivity contribution is 0.649. The number of aromatic amines is 1. The Morgan fingerprint density at radius 3 is 2.89 bits per heavy atom. The van der Waals surface area contributed by atoms with Gasteiger partial charge in [0, 0.05) is 34.7 Å². The number of fused-ring (bicyclic) bond motifs is 1. The Balaban J connectivity index is 2.44. The number of halogens is 1. The van der Waals surface area contributed by atoms with Crippen LogP contribution in [0.4, 0.5) is 5.69 Å². The summed E-state index contributed by atoms with van der Waals surface area (Å²) >= 11 is 5.94. The monoisotopic (exact) mass is 279 g/mol. The van der Waals surface area contributed by atoms with Crippen LogP contribution in [0.25, 0.3) is 10.9 Å². The first-order valence-electron chi connectivity index (χ1n) is 6.43. The molecule has 4 nitrogen and oxygen atoms in total. The minimum absolute atomic E-state index is 0.149. The lowest BCUT2D eigenvalue weighted by atomic mass is 10.1. The van der Waals surface area contributed by atoms with Gasteiger partial charge >= 0.3 is 0 Å². The van der Waals surface area contributed by atoms with Crippen molar-refractivity contribution in [3.63, 3.8) is 0 Å². The molecular weight excluding hydrogens is 262 g/mol. The molecule has 0 aliphatic heterocycles. The largest absolute Gasteiger partial charge is 0.380 e. The number of nitrogens with two attached hydrogens (primary N) is 1. The van der Waals surface area contributed by atoms with Crippen LogP contribution in [0.2, 0.25) is 5.02 Å². The Morgan fingerprint density at radius 1 is 1.42 bits per heavy atom. The highest BCUT2D eigenvalue weighted by Gasteiger charge is 2.09. The first-order chi connectivity index (χ1) is 9.13. The van der Waals surface area contributed by atoms with E-state index < -0.39 is 0 Å². The van der Waals surface area contributed by atoms with Crippen LogP contribution in [0.5, 0.6) is 0 Å². The maximum atomic E-state index is 11.7. The van der Waals surface area contributed by atoms with Gasteiger partial charge in [-0.2, -0.15) is 0 Å².